The third-order valence-electron chi connectivity index (χ3n) is 3.62. The number of morpholine rings is 1. The van der Waals surface area contributed by atoms with E-state index in [1.54, 1.807) is 4.90 Å². The van der Waals surface area contributed by atoms with Crippen LogP contribution in [0.4, 0.5) is 15.8 Å². The second-order valence-electron chi connectivity index (χ2n) is 5.43. The van der Waals surface area contributed by atoms with Crippen molar-refractivity contribution < 1.29 is 23.5 Å². The topological polar surface area (TPSA) is 87.7 Å². The molecule has 0 aliphatic carbocycles. The summed E-state index contributed by atoms with van der Waals surface area (Å²) in [6, 6.07) is 3.81. The number of rotatable bonds is 6. The number of hydrogen-bond acceptors (Lipinski definition) is 4. The lowest BCUT2D eigenvalue weighted by Gasteiger charge is -2.26. The summed E-state index contributed by atoms with van der Waals surface area (Å²) in [5.41, 5.74) is 0.261. The Bertz CT molecular complexity index is 672. The molecule has 3 amide bonds. The Hall–Kier alpha value is -2.74. The van der Waals surface area contributed by atoms with Gasteiger partial charge >= 0.3 is 0 Å². The molecule has 0 aromatic heterocycles. The molecule has 0 spiro atoms. The average Bonchev–Trinajstić information content (AvgIpc) is 2.63. The molecule has 25 heavy (non-hydrogen) atoms. The van der Waals surface area contributed by atoms with Gasteiger partial charge in [0.15, 0.2) is 0 Å². The normalized spacial score (nSPS) is 13.9. The predicted molar refractivity (Wildman–Crippen MR) is 90.5 cm³/mol. The summed E-state index contributed by atoms with van der Waals surface area (Å²) in [5, 5.41) is 4.89. The molecule has 1 aliphatic rings. The summed E-state index contributed by atoms with van der Waals surface area (Å²) in [7, 11) is 0. The Kier molecular flexibility index (Phi) is 6.64. The van der Waals surface area contributed by atoms with Gasteiger partial charge in [0.05, 0.1) is 18.9 Å². The minimum atomic E-state index is -0.629. The van der Waals surface area contributed by atoms with Crippen LogP contribution < -0.4 is 10.6 Å². The standard InChI is InChI=1S/C17H20FN3O4/c1-2-15(22)20-14-11-12(3-4-13(14)18)19-16(23)5-6-17(24)21-7-9-25-10-8-21/h2-4,11H,1,5-10H2,(H,19,23)(H,20,22). The highest BCUT2D eigenvalue weighted by Crippen LogP contribution is 2.20. The van der Waals surface area contributed by atoms with E-state index in [0.29, 0.717) is 32.0 Å². The molecule has 1 heterocycles. The van der Waals surface area contributed by atoms with E-state index in [1.807, 2.05) is 0 Å². The number of ether oxygens (including phenoxy) is 1. The maximum atomic E-state index is 13.6. The SMILES string of the molecule is C=CC(=O)Nc1cc(NC(=O)CCC(=O)N2CCOCC2)ccc1F. The van der Waals surface area contributed by atoms with Crippen molar-refractivity contribution in [3.05, 3.63) is 36.7 Å². The molecule has 1 aliphatic heterocycles. The van der Waals surface area contributed by atoms with Crippen LogP contribution in [0.25, 0.3) is 0 Å². The fourth-order valence-electron chi connectivity index (χ4n) is 2.30. The first kappa shape index (κ1) is 18.6. The predicted octanol–water partition coefficient (Wildman–Crippen LogP) is 1.53. The minimum Gasteiger partial charge on any atom is -0.378 e. The number of carbonyl (C=O) groups is 3. The smallest absolute Gasteiger partial charge is 0.247 e. The van der Waals surface area contributed by atoms with Crippen molar-refractivity contribution in [2.24, 2.45) is 0 Å². The number of carbonyl (C=O) groups excluding carboxylic acids is 3. The third kappa shape index (κ3) is 5.68. The van der Waals surface area contributed by atoms with Gasteiger partial charge < -0.3 is 20.3 Å². The fourth-order valence-corrected chi connectivity index (χ4v) is 2.30. The summed E-state index contributed by atoms with van der Waals surface area (Å²) >= 11 is 0. The molecule has 0 atom stereocenters. The lowest BCUT2D eigenvalue weighted by atomic mass is 10.2. The van der Waals surface area contributed by atoms with Crippen LogP contribution in [0, 0.1) is 5.82 Å². The van der Waals surface area contributed by atoms with Crippen LogP contribution in [-0.2, 0) is 19.1 Å². The van der Waals surface area contributed by atoms with Crippen LogP contribution in [0.15, 0.2) is 30.9 Å². The number of hydrogen-bond donors (Lipinski definition) is 2. The van der Waals surface area contributed by atoms with Gasteiger partial charge in [0.25, 0.3) is 0 Å². The first-order chi connectivity index (χ1) is 12.0. The number of benzene rings is 1. The molecule has 8 heteroatoms. The van der Waals surface area contributed by atoms with E-state index >= 15 is 0 Å². The summed E-state index contributed by atoms with van der Waals surface area (Å²) < 4.78 is 18.8. The Balaban J connectivity index is 1.87. The quantitative estimate of drug-likeness (QED) is 0.763. The lowest BCUT2D eigenvalue weighted by molar-refractivity contribution is -0.136. The van der Waals surface area contributed by atoms with E-state index in [0.717, 1.165) is 12.1 Å². The van der Waals surface area contributed by atoms with Crippen LogP contribution in [0.1, 0.15) is 12.8 Å². The van der Waals surface area contributed by atoms with E-state index in [9.17, 15) is 18.8 Å². The zero-order chi connectivity index (χ0) is 18.2. The van der Waals surface area contributed by atoms with Gasteiger partial charge in [-0.15, -0.1) is 0 Å². The lowest BCUT2D eigenvalue weighted by Crippen LogP contribution is -2.40. The Labute approximate surface area is 144 Å². The molecule has 0 saturated carbocycles. The van der Waals surface area contributed by atoms with E-state index < -0.39 is 11.7 Å². The molecule has 2 rings (SSSR count). The van der Waals surface area contributed by atoms with Crippen molar-refractivity contribution >= 4 is 29.1 Å². The summed E-state index contributed by atoms with van der Waals surface area (Å²) in [5.74, 6) is -1.65. The van der Waals surface area contributed by atoms with Gasteiger partial charge in [0.2, 0.25) is 17.7 Å². The van der Waals surface area contributed by atoms with Crippen molar-refractivity contribution in [3.63, 3.8) is 0 Å². The van der Waals surface area contributed by atoms with Gasteiger partial charge in [-0.1, -0.05) is 6.58 Å². The monoisotopic (exact) mass is 349 g/mol. The summed E-state index contributed by atoms with van der Waals surface area (Å²) in [6.07, 6.45) is 1.12. The number of nitrogens with one attached hydrogen (secondary N) is 2. The zero-order valence-electron chi connectivity index (χ0n) is 13.7. The maximum absolute atomic E-state index is 13.6. The summed E-state index contributed by atoms with van der Waals surface area (Å²) in [4.78, 5) is 36.9. The van der Waals surface area contributed by atoms with Gasteiger partial charge in [0, 0.05) is 31.6 Å². The van der Waals surface area contributed by atoms with Crippen LogP contribution in [0.5, 0.6) is 0 Å². The molecule has 1 fully saturated rings. The number of nitrogens with zero attached hydrogens (tertiary/aromatic N) is 1. The average molecular weight is 349 g/mol. The van der Waals surface area contributed by atoms with Crippen LogP contribution >= 0.6 is 0 Å². The van der Waals surface area contributed by atoms with Gasteiger partial charge in [-0.2, -0.15) is 0 Å². The fraction of sp³-hybridized carbons (Fsp3) is 0.353. The second kappa shape index (κ2) is 8.93. The molecule has 134 valence electrons. The molecule has 0 radical (unpaired) electrons. The number of amides is 3. The largest absolute Gasteiger partial charge is 0.378 e. The molecular weight excluding hydrogens is 329 g/mol. The molecule has 2 N–H and O–H groups in total. The van der Waals surface area contributed by atoms with Crippen LogP contribution in [-0.4, -0.2) is 48.9 Å². The molecule has 7 nitrogen and oxygen atoms in total. The van der Waals surface area contributed by atoms with Gasteiger partial charge in [-0.25, -0.2) is 4.39 Å². The Morgan fingerprint density at radius 2 is 1.92 bits per heavy atom. The molecule has 1 aromatic rings. The highest BCUT2D eigenvalue weighted by molar-refractivity contribution is 6.00. The Morgan fingerprint density at radius 1 is 1.20 bits per heavy atom. The number of halogens is 1. The van der Waals surface area contributed by atoms with Crippen molar-refractivity contribution in [2.45, 2.75) is 12.8 Å². The summed E-state index contributed by atoms with van der Waals surface area (Å²) in [6.45, 7) is 5.37. The van der Waals surface area contributed by atoms with E-state index in [-0.39, 0.29) is 30.3 Å². The molecule has 0 bridgehead atoms. The number of anilines is 2. The van der Waals surface area contributed by atoms with Gasteiger partial charge in [-0.05, 0) is 24.3 Å². The maximum Gasteiger partial charge on any atom is 0.247 e. The molecule has 1 saturated heterocycles. The van der Waals surface area contributed by atoms with Gasteiger partial charge in [0.1, 0.15) is 5.82 Å². The first-order valence-corrected chi connectivity index (χ1v) is 7.88. The minimum absolute atomic E-state index is 0.0158. The highest BCUT2D eigenvalue weighted by Gasteiger charge is 2.17. The van der Waals surface area contributed by atoms with Crippen LogP contribution in [0.2, 0.25) is 0 Å². The van der Waals surface area contributed by atoms with E-state index in [4.69, 9.17) is 4.74 Å². The molecule has 1 aromatic carbocycles. The first-order valence-electron chi connectivity index (χ1n) is 7.88. The highest BCUT2D eigenvalue weighted by atomic mass is 19.1. The molecule has 0 unspecified atom stereocenters. The van der Waals surface area contributed by atoms with Crippen molar-refractivity contribution in [1.29, 1.82) is 0 Å². The van der Waals surface area contributed by atoms with Crippen LogP contribution in [0.3, 0.4) is 0 Å². The zero-order valence-corrected chi connectivity index (χ0v) is 13.7. The van der Waals surface area contributed by atoms with Crippen molar-refractivity contribution in [3.8, 4) is 0 Å². The second-order valence-corrected chi connectivity index (χ2v) is 5.43. The Morgan fingerprint density at radius 3 is 2.60 bits per heavy atom. The van der Waals surface area contributed by atoms with Crippen molar-refractivity contribution in [2.75, 3.05) is 36.9 Å². The molecular formula is C17H20FN3O4. The third-order valence-corrected chi connectivity index (χ3v) is 3.62. The van der Waals surface area contributed by atoms with E-state index in [1.165, 1.54) is 12.1 Å². The van der Waals surface area contributed by atoms with Gasteiger partial charge in [-0.3, -0.25) is 14.4 Å². The van der Waals surface area contributed by atoms with E-state index in [2.05, 4.69) is 17.2 Å². The van der Waals surface area contributed by atoms with Crippen molar-refractivity contribution in [1.82, 2.24) is 4.90 Å².